The van der Waals surface area contributed by atoms with Gasteiger partial charge in [-0.1, -0.05) is 0 Å². The maximum Gasteiger partial charge on any atom is 0.0443 e. The summed E-state index contributed by atoms with van der Waals surface area (Å²) in [6.45, 7) is 6.17. The summed E-state index contributed by atoms with van der Waals surface area (Å²) in [6, 6.07) is 1.45. The van der Waals surface area contributed by atoms with Crippen LogP contribution in [-0.4, -0.2) is 48.3 Å². The van der Waals surface area contributed by atoms with Gasteiger partial charge in [-0.15, -0.1) is 0 Å². The number of nitrogens with zero attached hydrogens (tertiary/aromatic N) is 1. The van der Waals surface area contributed by atoms with Crippen molar-refractivity contribution in [3.05, 3.63) is 0 Å². The molecule has 1 aliphatic carbocycles. The van der Waals surface area contributed by atoms with Crippen LogP contribution in [0.1, 0.15) is 39.0 Å². The van der Waals surface area contributed by atoms with Gasteiger partial charge in [0.15, 0.2) is 0 Å². The molecule has 2 rings (SSSR count). The van der Waals surface area contributed by atoms with Crippen molar-refractivity contribution in [2.24, 2.45) is 5.92 Å². The second kappa shape index (κ2) is 5.99. The number of likely N-dealkylation sites (tertiary alicyclic amines) is 1. The maximum atomic E-state index is 8.77. The molecule has 0 spiro atoms. The lowest BCUT2D eigenvalue weighted by Crippen LogP contribution is -2.49. The van der Waals surface area contributed by atoms with Crippen LogP contribution in [0.25, 0.3) is 0 Å². The molecule has 0 radical (unpaired) electrons. The fraction of sp³-hybridized carbons (Fsp3) is 1.00. The highest BCUT2D eigenvalue weighted by atomic mass is 16.3. The third-order valence-electron chi connectivity index (χ3n) is 4.10. The third kappa shape index (κ3) is 3.44. The predicted molar refractivity (Wildman–Crippen MR) is 66.5 cm³/mol. The van der Waals surface area contributed by atoms with Gasteiger partial charge in [0.05, 0.1) is 0 Å². The van der Waals surface area contributed by atoms with Gasteiger partial charge in [0.1, 0.15) is 0 Å². The molecule has 0 aromatic heterocycles. The number of aliphatic hydroxyl groups is 1. The van der Waals surface area contributed by atoms with E-state index in [1.807, 2.05) is 0 Å². The number of nitrogens with one attached hydrogen (secondary N) is 1. The molecule has 3 nitrogen and oxygen atoms in total. The van der Waals surface area contributed by atoms with Gasteiger partial charge >= 0.3 is 0 Å². The summed E-state index contributed by atoms with van der Waals surface area (Å²) in [7, 11) is 0. The van der Waals surface area contributed by atoms with E-state index in [4.69, 9.17) is 5.11 Å². The molecule has 1 heterocycles. The Morgan fingerprint density at radius 3 is 2.88 bits per heavy atom. The number of piperidine rings is 1. The van der Waals surface area contributed by atoms with Crippen molar-refractivity contribution in [3.63, 3.8) is 0 Å². The summed E-state index contributed by atoms with van der Waals surface area (Å²) in [6.07, 6.45) is 6.41. The Balaban J connectivity index is 1.70. The minimum atomic E-state index is 0.307. The van der Waals surface area contributed by atoms with Gasteiger partial charge in [0.2, 0.25) is 0 Å². The van der Waals surface area contributed by atoms with E-state index < -0.39 is 0 Å². The molecule has 3 heteroatoms. The zero-order valence-electron chi connectivity index (χ0n) is 10.5. The average molecular weight is 226 g/mol. The van der Waals surface area contributed by atoms with Crippen LogP contribution in [0.3, 0.4) is 0 Å². The maximum absolute atomic E-state index is 8.77. The first-order valence-corrected chi connectivity index (χ1v) is 6.89. The molecule has 1 saturated carbocycles. The predicted octanol–water partition coefficient (Wildman–Crippen LogP) is 1.22. The minimum absolute atomic E-state index is 0.307. The SMILES string of the molecule is CC(C1CC1)N1CCCC(NCCCO)C1. The molecule has 0 bridgehead atoms. The van der Waals surface area contributed by atoms with Crippen LogP contribution in [0.2, 0.25) is 0 Å². The smallest absolute Gasteiger partial charge is 0.0443 e. The monoisotopic (exact) mass is 226 g/mol. The van der Waals surface area contributed by atoms with Crippen LogP contribution in [0.5, 0.6) is 0 Å². The van der Waals surface area contributed by atoms with Gasteiger partial charge in [-0.25, -0.2) is 0 Å². The summed E-state index contributed by atoms with van der Waals surface area (Å²) in [4.78, 5) is 2.66. The number of hydrogen-bond donors (Lipinski definition) is 2. The van der Waals surface area contributed by atoms with Crippen molar-refractivity contribution in [3.8, 4) is 0 Å². The standard InChI is InChI=1S/C13H26N2O/c1-11(12-5-6-12)15-8-2-4-13(10-15)14-7-3-9-16/h11-14,16H,2-10H2,1H3. The van der Waals surface area contributed by atoms with Gasteiger partial charge in [-0.2, -0.15) is 0 Å². The molecule has 2 fully saturated rings. The van der Waals surface area contributed by atoms with E-state index >= 15 is 0 Å². The first-order valence-electron chi connectivity index (χ1n) is 6.89. The zero-order chi connectivity index (χ0) is 11.4. The third-order valence-corrected chi connectivity index (χ3v) is 4.10. The highest BCUT2D eigenvalue weighted by Gasteiger charge is 2.33. The lowest BCUT2D eigenvalue weighted by molar-refractivity contribution is 0.131. The van der Waals surface area contributed by atoms with Crippen LogP contribution in [0, 0.1) is 5.92 Å². The fourth-order valence-electron chi connectivity index (χ4n) is 2.80. The first kappa shape index (κ1) is 12.3. The summed E-state index contributed by atoms with van der Waals surface area (Å²) in [5.74, 6) is 0.983. The van der Waals surface area contributed by atoms with Gasteiger partial charge in [-0.3, -0.25) is 4.90 Å². The summed E-state index contributed by atoms with van der Waals surface area (Å²) < 4.78 is 0. The Labute approximate surface area is 99.2 Å². The van der Waals surface area contributed by atoms with Gasteiger partial charge < -0.3 is 10.4 Å². The molecule has 2 N–H and O–H groups in total. The van der Waals surface area contributed by atoms with E-state index in [0.29, 0.717) is 12.6 Å². The van der Waals surface area contributed by atoms with Crippen molar-refractivity contribution in [1.82, 2.24) is 10.2 Å². The number of aliphatic hydroxyl groups excluding tert-OH is 1. The largest absolute Gasteiger partial charge is 0.396 e. The molecule has 1 saturated heterocycles. The summed E-state index contributed by atoms with van der Waals surface area (Å²) in [5, 5.41) is 12.3. The Kier molecular flexibility index (Phi) is 4.62. The van der Waals surface area contributed by atoms with Crippen molar-refractivity contribution >= 4 is 0 Å². The van der Waals surface area contributed by atoms with Gasteiger partial charge in [0.25, 0.3) is 0 Å². The molecule has 2 atom stereocenters. The van der Waals surface area contributed by atoms with E-state index in [9.17, 15) is 0 Å². The molecule has 2 unspecified atom stereocenters. The Hall–Kier alpha value is -0.120. The Morgan fingerprint density at radius 1 is 1.38 bits per heavy atom. The molecule has 0 aromatic carbocycles. The Bertz CT molecular complexity index is 206. The molecule has 94 valence electrons. The molecule has 0 aromatic rings. The molecular formula is C13H26N2O. The van der Waals surface area contributed by atoms with Crippen molar-refractivity contribution in [2.75, 3.05) is 26.2 Å². The Morgan fingerprint density at radius 2 is 2.19 bits per heavy atom. The molecule has 1 aliphatic heterocycles. The van der Waals surface area contributed by atoms with E-state index in [2.05, 4.69) is 17.1 Å². The van der Waals surface area contributed by atoms with Crippen LogP contribution < -0.4 is 5.32 Å². The van der Waals surface area contributed by atoms with Crippen LogP contribution >= 0.6 is 0 Å². The molecular weight excluding hydrogens is 200 g/mol. The van der Waals surface area contributed by atoms with Crippen LogP contribution in [0.4, 0.5) is 0 Å². The van der Waals surface area contributed by atoms with E-state index in [-0.39, 0.29) is 0 Å². The summed E-state index contributed by atoms with van der Waals surface area (Å²) >= 11 is 0. The zero-order valence-corrected chi connectivity index (χ0v) is 10.5. The number of hydrogen-bond acceptors (Lipinski definition) is 3. The number of rotatable bonds is 6. The first-order chi connectivity index (χ1) is 7.81. The average Bonchev–Trinajstić information content (AvgIpc) is 3.13. The van der Waals surface area contributed by atoms with Gasteiger partial charge in [0, 0.05) is 25.2 Å². The van der Waals surface area contributed by atoms with Crippen molar-refractivity contribution in [1.29, 1.82) is 0 Å². The fourth-order valence-corrected chi connectivity index (χ4v) is 2.80. The van der Waals surface area contributed by atoms with Crippen molar-refractivity contribution < 1.29 is 5.11 Å². The van der Waals surface area contributed by atoms with Gasteiger partial charge in [-0.05, 0) is 58.0 Å². The highest BCUT2D eigenvalue weighted by molar-refractivity contribution is 4.89. The van der Waals surface area contributed by atoms with Crippen LogP contribution in [0.15, 0.2) is 0 Å². The second-order valence-corrected chi connectivity index (χ2v) is 5.44. The summed E-state index contributed by atoms with van der Waals surface area (Å²) in [5.41, 5.74) is 0. The quantitative estimate of drug-likeness (QED) is 0.669. The van der Waals surface area contributed by atoms with E-state index in [1.165, 1.54) is 38.8 Å². The van der Waals surface area contributed by atoms with E-state index in [0.717, 1.165) is 24.9 Å². The van der Waals surface area contributed by atoms with Crippen LogP contribution in [-0.2, 0) is 0 Å². The minimum Gasteiger partial charge on any atom is -0.396 e. The lowest BCUT2D eigenvalue weighted by Gasteiger charge is -2.37. The normalized spacial score (nSPS) is 29.2. The molecule has 0 amide bonds. The topological polar surface area (TPSA) is 35.5 Å². The highest BCUT2D eigenvalue weighted by Crippen LogP contribution is 2.35. The van der Waals surface area contributed by atoms with E-state index in [1.54, 1.807) is 0 Å². The molecule has 16 heavy (non-hydrogen) atoms. The van der Waals surface area contributed by atoms with Crippen molar-refractivity contribution in [2.45, 2.75) is 51.1 Å². The second-order valence-electron chi connectivity index (χ2n) is 5.44. The lowest BCUT2D eigenvalue weighted by atomic mass is 10.0. The molecule has 2 aliphatic rings.